The minimum absolute atomic E-state index is 0.223. The van der Waals surface area contributed by atoms with Crippen molar-refractivity contribution in [1.29, 1.82) is 0 Å². The molecule has 2 aliphatic rings. The zero-order chi connectivity index (χ0) is 22.6. The lowest BCUT2D eigenvalue weighted by Gasteiger charge is -2.31. The van der Waals surface area contributed by atoms with Crippen molar-refractivity contribution < 1.29 is 14.3 Å². The molecule has 0 saturated carbocycles. The molecule has 0 spiro atoms. The van der Waals surface area contributed by atoms with Crippen molar-refractivity contribution in [1.82, 2.24) is 4.98 Å². The highest BCUT2D eigenvalue weighted by Crippen LogP contribution is 2.43. The number of fused-ring (bicyclic) bond motifs is 5. The minimum atomic E-state index is 0.223. The number of rotatable bonds is 3. The van der Waals surface area contributed by atoms with Gasteiger partial charge in [0.05, 0.1) is 6.54 Å². The zero-order valence-electron chi connectivity index (χ0n) is 18.5. The third-order valence-electron chi connectivity index (χ3n) is 7.07. The third-order valence-corrected chi connectivity index (χ3v) is 7.07. The van der Waals surface area contributed by atoms with Gasteiger partial charge in [0.1, 0.15) is 0 Å². The van der Waals surface area contributed by atoms with E-state index in [0.29, 0.717) is 11.3 Å². The number of aromatic amines is 1. The van der Waals surface area contributed by atoms with E-state index in [4.69, 9.17) is 9.47 Å². The zero-order valence-corrected chi connectivity index (χ0v) is 18.5. The highest BCUT2D eigenvalue weighted by molar-refractivity contribution is 6.09. The Hall–Kier alpha value is -4.25. The number of carbonyl (C=O) groups is 1. The molecule has 2 aliphatic heterocycles. The molecule has 1 aromatic heterocycles. The number of hydrogen-bond acceptors (Lipinski definition) is 4. The normalized spacial score (nSPS) is 14.5. The first-order chi connectivity index (χ1) is 16.8. The molecule has 0 aliphatic carbocycles. The number of aldehydes is 1. The minimum Gasteiger partial charge on any atom is -0.454 e. The summed E-state index contributed by atoms with van der Waals surface area (Å²) in [6.45, 7) is 1.82. The van der Waals surface area contributed by atoms with E-state index in [1.165, 1.54) is 22.2 Å². The molecule has 34 heavy (non-hydrogen) atoms. The van der Waals surface area contributed by atoms with Gasteiger partial charge in [0.2, 0.25) is 6.79 Å². The van der Waals surface area contributed by atoms with Gasteiger partial charge in [-0.05, 0) is 52.6 Å². The summed E-state index contributed by atoms with van der Waals surface area (Å²) in [5, 5.41) is 3.46. The lowest BCUT2D eigenvalue weighted by molar-refractivity contribution is 0.112. The maximum Gasteiger partial charge on any atom is 0.231 e. The van der Waals surface area contributed by atoms with E-state index >= 15 is 0 Å². The molecule has 1 N–H and O–H groups in total. The number of para-hydroxylation sites is 1. The number of nitrogens with one attached hydrogen (secondary N) is 1. The van der Waals surface area contributed by atoms with E-state index in [0.717, 1.165) is 59.1 Å². The second-order valence-corrected chi connectivity index (χ2v) is 8.89. The average molecular weight is 447 g/mol. The fraction of sp³-hybridized carbons (Fsp3) is 0.138. The van der Waals surface area contributed by atoms with E-state index in [1.807, 2.05) is 30.3 Å². The van der Waals surface area contributed by atoms with Crippen LogP contribution in [0.2, 0.25) is 0 Å². The SMILES string of the molecule is O=Cc1c(N2CCc3c([nH]c4ccccc34)C2)cc2ccccc2c1-c1ccc2c(c1)OCO2. The van der Waals surface area contributed by atoms with Crippen LogP contribution in [0.15, 0.2) is 72.8 Å². The van der Waals surface area contributed by atoms with Crippen LogP contribution in [0.5, 0.6) is 11.5 Å². The first-order valence-corrected chi connectivity index (χ1v) is 11.5. The van der Waals surface area contributed by atoms with Gasteiger partial charge in [-0.2, -0.15) is 0 Å². The van der Waals surface area contributed by atoms with E-state index in [1.54, 1.807) is 0 Å². The fourth-order valence-corrected chi connectivity index (χ4v) is 5.49. The number of H-pyrrole nitrogens is 1. The second-order valence-electron chi connectivity index (χ2n) is 8.89. The Labute approximate surface area is 196 Å². The topological polar surface area (TPSA) is 54.6 Å². The monoisotopic (exact) mass is 446 g/mol. The fourth-order valence-electron chi connectivity index (χ4n) is 5.49. The molecule has 3 heterocycles. The predicted octanol–water partition coefficient (Wildman–Crippen LogP) is 6.09. The Morgan fingerprint density at radius 1 is 0.882 bits per heavy atom. The van der Waals surface area contributed by atoms with Gasteiger partial charge in [-0.3, -0.25) is 4.79 Å². The molecular formula is C29H22N2O3. The first kappa shape index (κ1) is 19.2. The quantitative estimate of drug-likeness (QED) is 0.341. The summed E-state index contributed by atoms with van der Waals surface area (Å²) in [4.78, 5) is 18.6. The second kappa shape index (κ2) is 7.39. The molecule has 4 aromatic carbocycles. The Morgan fingerprint density at radius 2 is 1.71 bits per heavy atom. The van der Waals surface area contributed by atoms with Crippen LogP contribution < -0.4 is 14.4 Å². The highest BCUT2D eigenvalue weighted by Gasteiger charge is 2.25. The van der Waals surface area contributed by atoms with Gasteiger partial charge in [-0.15, -0.1) is 0 Å². The lowest BCUT2D eigenvalue weighted by Crippen LogP contribution is -2.31. The number of benzene rings is 4. The maximum atomic E-state index is 12.6. The number of ether oxygens (including phenoxy) is 2. The van der Waals surface area contributed by atoms with Crippen LogP contribution in [-0.4, -0.2) is 24.6 Å². The van der Waals surface area contributed by atoms with Gasteiger partial charge in [-0.25, -0.2) is 0 Å². The van der Waals surface area contributed by atoms with E-state index < -0.39 is 0 Å². The van der Waals surface area contributed by atoms with E-state index in [2.05, 4.69) is 52.3 Å². The summed E-state index contributed by atoms with van der Waals surface area (Å²) in [6, 6.07) is 24.8. The molecule has 166 valence electrons. The standard InChI is InChI=1S/C29H22N2O3/c32-16-23-26(31-12-11-22-21-7-3-4-8-24(21)30-25(22)15-31)13-18-5-1-2-6-20(18)29(23)19-9-10-27-28(14-19)34-17-33-27/h1-10,13-14,16,30H,11-12,15,17H2. The largest absolute Gasteiger partial charge is 0.454 e. The third kappa shape index (κ3) is 2.83. The first-order valence-electron chi connectivity index (χ1n) is 11.5. The number of carbonyl (C=O) groups excluding carboxylic acids is 1. The van der Waals surface area contributed by atoms with Crippen LogP contribution >= 0.6 is 0 Å². The molecule has 0 bridgehead atoms. The number of nitrogens with zero attached hydrogens (tertiary/aromatic N) is 1. The van der Waals surface area contributed by atoms with Gasteiger partial charge < -0.3 is 19.4 Å². The van der Waals surface area contributed by atoms with Crippen LogP contribution in [-0.2, 0) is 13.0 Å². The van der Waals surface area contributed by atoms with Crippen LogP contribution in [0.25, 0.3) is 32.8 Å². The van der Waals surface area contributed by atoms with Crippen LogP contribution in [0, 0.1) is 0 Å². The molecule has 5 heteroatoms. The smallest absolute Gasteiger partial charge is 0.231 e. The van der Waals surface area contributed by atoms with Crippen LogP contribution in [0.4, 0.5) is 5.69 Å². The van der Waals surface area contributed by atoms with E-state index in [9.17, 15) is 4.79 Å². The summed E-state index contributed by atoms with van der Waals surface area (Å²) < 4.78 is 11.1. The number of hydrogen-bond donors (Lipinski definition) is 1. The van der Waals surface area contributed by atoms with Crippen molar-refractivity contribution in [2.75, 3.05) is 18.2 Å². The molecule has 7 rings (SSSR count). The van der Waals surface area contributed by atoms with Gasteiger partial charge >= 0.3 is 0 Å². The maximum absolute atomic E-state index is 12.6. The van der Waals surface area contributed by atoms with Crippen molar-refractivity contribution in [2.24, 2.45) is 0 Å². The molecule has 0 amide bonds. The summed E-state index contributed by atoms with van der Waals surface area (Å²) >= 11 is 0. The van der Waals surface area contributed by atoms with Crippen LogP contribution in [0.1, 0.15) is 21.6 Å². The number of anilines is 1. The number of aromatic nitrogens is 1. The Bertz CT molecular complexity index is 1600. The molecular weight excluding hydrogens is 424 g/mol. The van der Waals surface area contributed by atoms with Gasteiger partial charge in [0.25, 0.3) is 0 Å². The average Bonchev–Trinajstić information content (AvgIpc) is 3.51. The van der Waals surface area contributed by atoms with Crippen molar-refractivity contribution >= 4 is 33.6 Å². The highest BCUT2D eigenvalue weighted by atomic mass is 16.7. The summed E-state index contributed by atoms with van der Waals surface area (Å²) in [5.41, 5.74) is 7.34. The summed E-state index contributed by atoms with van der Waals surface area (Å²) in [7, 11) is 0. The molecule has 5 aromatic rings. The Balaban J connectivity index is 1.41. The summed E-state index contributed by atoms with van der Waals surface area (Å²) in [6.07, 6.45) is 1.94. The molecule has 5 nitrogen and oxygen atoms in total. The van der Waals surface area contributed by atoms with Crippen LogP contribution in [0.3, 0.4) is 0 Å². The summed E-state index contributed by atoms with van der Waals surface area (Å²) in [5.74, 6) is 1.45. The van der Waals surface area contributed by atoms with E-state index in [-0.39, 0.29) is 6.79 Å². The van der Waals surface area contributed by atoms with Gasteiger partial charge in [0, 0.05) is 40.0 Å². The van der Waals surface area contributed by atoms with Crippen molar-refractivity contribution in [3.05, 3.63) is 89.6 Å². The Kier molecular flexibility index (Phi) is 4.18. The molecule has 0 radical (unpaired) electrons. The molecule has 0 atom stereocenters. The van der Waals surface area contributed by atoms with Crippen molar-refractivity contribution in [3.8, 4) is 22.6 Å². The molecule has 0 saturated heterocycles. The van der Waals surface area contributed by atoms with Crippen molar-refractivity contribution in [3.63, 3.8) is 0 Å². The molecule has 0 fully saturated rings. The lowest BCUT2D eigenvalue weighted by atomic mass is 9.91. The predicted molar refractivity (Wildman–Crippen MR) is 134 cm³/mol. The Morgan fingerprint density at radius 3 is 2.62 bits per heavy atom. The van der Waals surface area contributed by atoms with Gasteiger partial charge in [0.15, 0.2) is 17.8 Å². The van der Waals surface area contributed by atoms with Crippen molar-refractivity contribution in [2.45, 2.75) is 13.0 Å². The molecule has 0 unspecified atom stereocenters. The van der Waals surface area contributed by atoms with Gasteiger partial charge in [-0.1, -0.05) is 48.5 Å².